The lowest BCUT2D eigenvalue weighted by Crippen LogP contribution is -2.55. The standard InChI is InChI=1S/C18H24N8O/c1-3-18(24-16(27)4-8-19)6-10-26(11-7-18)15-5-9-20-17(23-15)22-14-12-21-25(2)13-14/h5,9,12-13H,3-4,6-7,10-11H2,1-2H3,(H,24,27)(H,20,22,23). The van der Waals surface area contributed by atoms with Crippen LogP contribution in [-0.2, 0) is 11.8 Å². The van der Waals surface area contributed by atoms with Gasteiger partial charge in [0.1, 0.15) is 12.2 Å². The highest BCUT2D eigenvalue weighted by atomic mass is 16.1. The number of carbonyl (C=O) groups excluding carboxylic acids is 1. The van der Waals surface area contributed by atoms with Gasteiger partial charge in [-0.05, 0) is 25.3 Å². The zero-order valence-corrected chi connectivity index (χ0v) is 15.6. The summed E-state index contributed by atoms with van der Waals surface area (Å²) in [6.07, 6.45) is 7.69. The van der Waals surface area contributed by atoms with Crippen molar-refractivity contribution in [2.45, 2.75) is 38.1 Å². The SMILES string of the molecule is CCC1(NC(=O)CC#N)CCN(c2ccnc(Nc3cnn(C)c3)n2)CC1. The number of nitrogens with one attached hydrogen (secondary N) is 2. The number of hydrogen-bond donors (Lipinski definition) is 2. The summed E-state index contributed by atoms with van der Waals surface area (Å²) in [5.74, 6) is 1.18. The molecule has 0 unspecified atom stereocenters. The number of aryl methyl sites for hydroxylation is 1. The van der Waals surface area contributed by atoms with Crippen molar-refractivity contribution < 1.29 is 4.79 Å². The van der Waals surface area contributed by atoms with Crippen LogP contribution < -0.4 is 15.5 Å². The Morgan fingerprint density at radius 2 is 2.19 bits per heavy atom. The lowest BCUT2D eigenvalue weighted by Gasteiger charge is -2.42. The fourth-order valence-electron chi connectivity index (χ4n) is 3.34. The molecule has 0 aromatic carbocycles. The number of nitriles is 1. The predicted octanol–water partition coefficient (Wildman–Crippen LogP) is 1.73. The van der Waals surface area contributed by atoms with Gasteiger partial charge in [0.05, 0.1) is 18.0 Å². The second-order valence-corrected chi connectivity index (χ2v) is 6.77. The molecular formula is C18H24N8O. The molecule has 0 atom stereocenters. The lowest BCUT2D eigenvalue weighted by molar-refractivity contribution is -0.122. The molecule has 0 spiro atoms. The quantitative estimate of drug-likeness (QED) is 0.798. The summed E-state index contributed by atoms with van der Waals surface area (Å²) in [6, 6.07) is 3.80. The van der Waals surface area contributed by atoms with Crippen molar-refractivity contribution in [1.29, 1.82) is 5.26 Å². The van der Waals surface area contributed by atoms with Gasteiger partial charge in [0.15, 0.2) is 0 Å². The summed E-state index contributed by atoms with van der Waals surface area (Å²) in [5, 5.41) is 19.0. The third kappa shape index (κ3) is 4.53. The number of piperidine rings is 1. The van der Waals surface area contributed by atoms with Gasteiger partial charge in [-0.3, -0.25) is 9.48 Å². The third-order valence-corrected chi connectivity index (χ3v) is 4.97. The molecule has 3 rings (SSSR count). The lowest BCUT2D eigenvalue weighted by atomic mass is 9.84. The Bertz CT molecular complexity index is 832. The molecule has 1 aliphatic heterocycles. The molecule has 0 radical (unpaired) electrons. The van der Waals surface area contributed by atoms with Crippen molar-refractivity contribution >= 4 is 23.4 Å². The van der Waals surface area contributed by atoms with Crippen LogP contribution in [0.1, 0.15) is 32.6 Å². The number of anilines is 3. The van der Waals surface area contributed by atoms with Crippen molar-refractivity contribution in [3.8, 4) is 6.07 Å². The van der Waals surface area contributed by atoms with Gasteiger partial charge in [-0.25, -0.2) is 4.98 Å². The van der Waals surface area contributed by atoms with Gasteiger partial charge in [0.25, 0.3) is 0 Å². The largest absolute Gasteiger partial charge is 0.356 e. The predicted molar refractivity (Wildman–Crippen MR) is 101 cm³/mol. The van der Waals surface area contributed by atoms with E-state index in [2.05, 4.69) is 37.5 Å². The maximum atomic E-state index is 11.9. The summed E-state index contributed by atoms with van der Waals surface area (Å²) >= 11 is 0. The van der Waals surface area contributed by atoms with E-state index < -0.39 is 0 Å². The minimum Gasteiger partial charge on any atom is -0.356 e. The Labute approximate surface area is 158 Å². The molecule has 3 heterocycles. The van der Waals surface area contributed by atoms with E-state index in [9.17, 15) is 4.79 Å². The van der Waals surface area contributed by atoms with Crippen LogP contribution in [0.5, 0.6) is 0 Å². The molecule has 1 saturated heterocycles. The first kappa shape index (κ1) is 18.6. The van der Waals surface area contributed by atoms with Crippen LogP contribution in [0, 0.1) is 11.3 Å². The van der Waals surface area contributed by atoms with E-state index in [4.69, 9.17) is 5.26 Å². The van der Waals surface area contributed by atoms with Crippen LogP contribution in [0.25, 0.3) is 0 Å². The first-order chi connectivity index (χ1) is 13.0. The summed E-state index contributed by atoms with van der Waals surface area (Å²) in [4.78, 5) is 22.9. The Balaban J connectivity index is 1.64. The van der Waals surface area contributed by atoms with E-state index in [1.54, 1.807) is 17.1 Å². The molecular weight excluding hydrogens is 344 g/mol. The molecule has 1 aliphatic rings. The van der Waals surface area contributed by atoms with Crippen LogP contribution in [0.4, 0.5) is 17.5 Å². The Kier molecular flexibility index (Phi) is 5.54. The zero-order chi connectivity index (χ0) is 19.3. The highest BCUT2D eigenvalue weighted by Crippen LogP contribution is 2.28. The Morgan fingerprint density at radius 3 is 2.81 bits per heavy atom. The molecule has 9 nitrogen and oxygen atoms in total. The number of carbonyl (C=O) groups is 1. The maximum Gasteiger partial charge on any atom is 0.234 e. The van der Waals surface area contributed by atoms with E-state index in [0.29, 0.717) is 5.95 Å². The number of aromatic nitrogens is 4. The molecule has 2 aromatic rings. The molecule has 9 heteroatoms. The zero-order valence-electron chi connectivity index (χ0n) is 15.6. The molecule has 0 saturated carbocycles. The molecule has 27 heavy (non-hydrogen) atoms. The average molecular weight is 368 g/mol. The molecule has 2 N–H and O–H groups in total. The summed E-state index contributed by atoms with van der Waals surface area (Å²) < 4.78 is 1.71. The molecule has 1 amide bonds. The van der Waals surface area contributed by atoms with Crippen molar-refractivity contribution in [1.82, 2.24) is 25.1 Å². The van der Waals surface area contributed by atoms with Gasteiger partial charge >= 0.3 is 0 Å². The van der Waals surface area contributed by atoms with Crippen molar-refractivity contribution in [2.24, 2.45) is 7.05 Å². The van der Waals surface area contributed by atoms with Crippen LogP contribution in [0.2, 0.25) is 0 Å². The van der Waals surface area contributed by atoms with Gasteiger partial charge in [-0.2, -0.15) is 15.3 Å². The highest BCUT2D eigenvalue weighted by molar-refractivity contribution is 5.78. The maximum absolute atomic E-state index is 11.9. The van der Waals surface area contributed by atoms with Crippen molar-refractivity contribution in [2.75, 3.05) is 23.3 Å². The second kappa shape index (κ2) is 8.03. The monoisotopic (exact) mass is 368 g/mol. The molecule has 0 aliphatic carbocycles. The van der Waals surface area contributed by atoms with E-state index in [-0.39, 0.29) is 17.9 Å². The Morgan fingerprint density at radius 1 is 1.41 bits per heavy atom. The van der Waals surface area contributed by atoms with Crippen LogP contribution in [0.15, 0.2) is 24.7 Å². The number of rotatable bonds is 6. The van der Waals surface area contributed by atoms with Gasteiger partial charge in [0, 0.05) is 38.1 Å². The average Bonchev–Trinajstić information content (AvgIpc) is 3.07. The molecule has 142 valence electrons. The first-order valence-electron chi connectivity index (χ1n) is 9.05. The fraction of sp³-hybridized carbons (Fsp3) is 0.500. The van der Waals surface area contributed by atoms with E-state index >= 15 is 0 Å². The normalized spacial score (nSPS) is 15.8. The molecule has 0 bridgehead atoms. The Hall–Kier alpha value is -3.15. The molecule has 2 aromatic heterocycles. The number of amides is 1. The third-order valence-electron chi connectivity index (χ3n) is 4.97. The van der Waals surface area contributed by atoms with Gasteiger partial charge in [-0.1, -0.05) is 6.92 Å². The highest BCUT2D eigenvalue weighted by Gasteiger charge is 2.34. The van der Waals surface area contributed by atoms with Crippen molar-refractivity contribution in [3.05, 3.63) is 24.7 Å². The topological polar surface area (TPSA) is 112 Å². The van der Waals surface area contributed by atoms with Gasteiger partial charge in [0.2, 0.25) is 11.9 Å². The second-order valence-electron chi connectivity index (χ2n) is 6.77. The minimum absolute atomic E-state index is 0.0965. The van der Waals surface area contributed by atoms with Crippen LogP contribution in [-0.4, -0.2) is 44.3 Å². The van der Waals surface area contributed by atoms with Gasteiger partial charge < -0.3 is 15.5 Å². The van der Waals surface area contributed by atoms with Gasteiger partial charge in [-0.15, -0.1) is 0 Å². The van der Waals surface area contributed by atoms with Crippen molar-refractivity contribution in [3.63, 3.8) is 0 Å². The summed E-state index contributed by atoms with van der Waals surface area (Å²) in [5.41, 5.74) is 0.590. The van der Waals surface area contributed by atoms with E-state index in [1.165, 1.54) is 0 Å². The van der Waals surface area contributed by atoms with Crippen LogP contribution in [0.3, 0.4) is 0 Å². The smallest absolute Gasteiger partial charge is 0.234 e. The minimum atomic E-state index is -0.242. The summed E-state index contributed by atoms with van der Waals surface area (Å²) in [7, 11) is 1.85. The first-order valence-corrected chi connectivity index (χ1v) is 9.05. The number of hydrogen-bond acceptors (Lipinski definition) is 7. The fourth-order valence-corrected chi connectivity index (χ4v) is 3.34. The van der Waals surface area contributed by atoms with E-state index in [0.717, 1.165) is 43.9 Å². The van der Waals surface area contributed by atoms with E-state index in [1.807, 2.05) is 25.4 Å². The summed E-state index contributed by atoms with van der Waals surface area (Å²) in [6.45, 7) is 3.64. The molecule has 1 fully saturated rings. The number of nitrogens with zero attached hydrogens (tertiary/aromatic N) is 6. The van der Waals surface area contributed by atoms with Crippen LogP contribution >= 0.6 is 0 Å².